The molecule has 8 aromatic carbocycles. The van der Waals surface area contributed by atoms with Crippen molar-refractivity contribution in [2.75, 3.05) is 0 Å². The van der Waals surface area contributed by atoms with Crippen molar-refractivity contribution in [1.82, 2.24) is 24.1 Å². The Balaban J connectivity index is 1.11. The highest BCUT2D eigenvalue weighted by atomic mass is 15.0. The summed E-state index contributed by atoms with van der Waals surface area (Å²) in [4.78, 5) is 15.2. The van der Waals surface area contributed by atoms with Gasteiger partial charge in [-0.15, -0.1) is 0 Å². The first-order valence-corrected chi connectivity index (χ1v) is 18.9. The second-order valence-corrected chi connectivity index (χ2v) is 14.1. The molecule has 0 aliphatic heterocycles. The molecule has 0 saturated carbocycles. The Kier molecular flexibility index (Phi) is 7.42. The molecule has 5 heteroatoms. The molecule has 3 aromatic heterocycles. The van der Waals surface area contributed by atoms with Crippen LogP contribution in [0.25, 0.3) is 100 Å². The van der Waals surface area contributed by atoms with E-state index in [0.29, 0.717) is 17.5 Å². The zero-order valence-electron chi connectivity index (χ0n) is 30.3. The highest BCUT2D eigenvalue weighted by molar-refractivity contribution is 6.26. The molecule has 0 atom stereocenters. The number of fused-ring (bicyclic) bond motifs is 7. The first kappa shape index (κ1) is 31.9. The van der Waals surface area contributed by atoms with Crippen molar-refractivity contribution in [1.29, 1.82) is 0 Å². The number of hydrogen-bond acceptors (Lipinski definition) is 3. The van der Waals surface area contributed by atoms with Gasteiger partial charge in [-0.3, -0.25) is 0 Å². The lowest BCUT2D eigenvalue weighted by atomic mass is 10.0. The number of hydrogen-bond donors (Lipinski definition) is 0. The van der Waals surface area contributed by atoms with Crippen LogP contribution in [0.3, 0.4) is 0 Å². The van der Waals surface area contributed by atoms with Gasteiger partial charge in [0.25, 0.3) is 0 Å². The smallest absolute Gasteiger partial charge is 0.164 e. The molecule has 56 heavy (non-hydrogen) atoms. The van der Waals surface area contributed by atoms with E-state index in [1.54, 1.807) is 0 Å². The first-order valence-electron chi connectivity index (χ1n) is 18.9. The maximum absolute atomic E-state index is 5.12. The van der Waals surface area contributed by atoms with Crippen molar-refractivity contribution in [2.24, 2.45) is 0 Å². The highest BCUT2D eigenvalue weighted by Crippen LogP contribution is 2.42. The molecule has 0 spiro atoms. The highest BCUT2D eigenvalue weighted by Gasteiger charge is 2.21. The number of nitrogens with zero attached hydrogens (tertiary/aromatic N) is 5. The fraction of sp³-hybridized carbons (Fsp3) is 0. The van der Waals surface area contributed by atoms with Gasteiger partial charge >= 0.3 is 0 Å². The van der Waals surface area contributed by atoms with Gasteiger partial charge in [-0.1, -0.05) is 158 Å². The summed E-state index contributed by atoms with van der Waals surface area (Å²) in [5.41, 5.74) is 11.9. The van der Waals surface area contributed by atoms with Crippen LogP contribution in [-0.2, 0) is 0 Å². The van der Waals surface area contributed by atoms with Crippen LogP contribution in [0, 0.1) is 0 Å². The normalized spacial score (nSPS) is 11.6. The average molecular weight is 716 g/mol. The SMILES string of the molecule is c1ccc(-c2ccc(-c3nc(-c4ccccc4)nc(-c4cccc(-n5c6ccccc6c6c5ccc5c7ccccc7n(-c7ccccc7)c56)c4)n3)cc2)cc1. The Labute approximate surface area is 323 Å². The van der Waals surface area contributed by atoms with Crippen molar-refractivity contribution in [3.05, 3.63) is 200 Å². The summed E-state index contributed by atoms with van der Waals surface area (Å²) in [7, 11) is 0. The van der Waals surface area contributed by atoms with Crippen LogP contribution in [0.15, 0.2) is 200 Å². The molecule has 262 valence electrons. The van der Waals surface area contributed by atoms with Crippen molar-refractivity contribution in [3.8, 4) is 56.7 Å². The predicted octanol–water partition coefficient (Wildman–Crippen LogP) is 12.7. The molecule has 0 amide bonds. The van der Waals surface area contributed by atoms with Crippen LogP contribution in [0.1, 0.15) is 0 Å². The van der Waals surface area contributed by atoms with E-state index in [1.807, 2.05) is 36.4 Å². The third-order valence-corrected chi connectivity index (χ3v) is 10.8. The van der Waals surface area contributed by atoms with Crippen LogP contribution in [0.5, 0.6) is 0 Å². The molecule has 11 rings (SSSR count). The number of aromatic nitrogens is 5. The Morgan fingerprint density at radius 3 is 1.46 bits per heavy atom. The second-order valence-electron chi connectivity index (χ2n) is 14.1. The van der Waals surface area contributed by atoms with Gasteiger partial charge in [0.2, 0.25) is 0 Å². The first-order chi connectivity index (χ1) is 27.8. The molecule has 5 nitrogen and oxygen atoms in total. The summed E-state index contributed by atoms with van der Waals surface area (Å²) in [6.45, 7) is 0. The van der Waals surface area contributed by atoms with Crippen LogP contribution in [-0.4, -0.2) is 24.1 Å². The number of para-hydroxylation sites is 3. The van der Waals surface area contributed by atoms with E-state index in [2.05, 4.69) is 173 Å². The lowest BCUT2D eigenvalue weighted by molar-refractivity contribution is 1.07. The van der Waals surface area contributed by atoms with Crippen LogP contribution in [0.2, 0.25) is 0 Å². The zero-order chi connectivity index (χ0) is 37.0. The summed E-state index contributed by atoms with van der Waals surface area (Å²) in [6.07, 6.45) is 0. The molecule has 3 heterocycles. The minimum atomic E-state index is 0.621. The van der Waals surface area contributed by atoms with E-state index in [-0.39, 0.29) is 0 Å². The Morgan fingerprint density at radius 1 is 0.286 bits per heavy atom. The van der Waals surface area contributed by atoms with Gasteiger partial charge < -0.3 is 9.13 Å². The molecule has 0 aliphatic rings. The van der Waals surface area contributed by atoms with E-state index in [1.165, 1.54) is 38.1 Å². The monoisotopic (exact) mass is 715 g/mol. The fourth-order valence-electron chi connectivity index (χ4n) is 8.21. The van der Waals surface area contributed by atoms with Gasteiger partial charge in [-0.25, -0.2) is 15.0 Å². The molecule has 0 N–H and O–H groups in total. The largest absolute Gasteiger partial charge is 0.309 e. The maximum Gasteiger partial charge on any atom is 0.164 e. The van der Waals surface area contributed by atoms with Gasteiger partial charge in [-0.2, -0.15) is 0 Å². The zero-order valence-corrected chi connectivity index (χ0v) is 30.3. The lowest BCUT2D eigenvalue weighted by Crippen LogP contribution is -2.01. The van der Waals surface area contributed by atoms with Crippen LogP contribution in [0.4, 0.5) is 0 Å². The minimum absolute atomic E-state index is 0.621. The third kappa shape index (κ3) is 5.21. The Morgan fingerprint density at radius 2 is 0.768 bits per heavy atom. The molecule has 0 fully saturated rings. The Bertz CT molecular complexity index is 3220. The van der Waals surface area contributed by atoms with Crippen molar-refractivity contribution in [3.63, 3.8) is 0 Å². The van der Waals surface area contributed by atoms with E-state index in [4.69, 9.17) is 15.0 Å². The molecular formula is C51H33N5. The van der Waals surface area contributed by atoms with Gasteiger partial charge in [0.15, 0.2) is 17.5 Å². The van der Waals surface area contributed by atoms with E-state index in [9.17, 15) is 0 Å². The predicted molar refractivity (Wildman–Crippen MR) is 230 cm³/mol. The molecule has 0 radical (unpaired) electrons. The van der Waals surface area contributed by atoms with Gasteiger partial charge in [-0.05, 0) is 53.6 Å². The third-order valence-electron chi connectivity index (χ3n) is 10.8. The van der Waals surface area contributed by atoms with Gasteiger partial charge in [0, 0.05) is 49.6 Å². The standard InChI is InChI=1S/C51H33N5/c1-4-15-34(16-5-1)35-27-29-37(30-28-35)50-52-49(36-17-6-2-7-18-36)53-51(54-50)38-19-14-22-40(33-38)55-45-26-13-11-24-43(45)47-46(55)32-31-42-41-23-10-12-25-44(41)56(48(42)47)39-20-8-3-9-21-39/h1-33H. The topological polar surface area (TPSA) is 48.5 Å². The molecule has 0 saturated heterocycles. The summed E-state index contributed by atoms with van der Waals surface area (Å²) < 4.78 is 4.80. The van der Waals surface area contributed by atoms with Crippen molar-refractivity contribution in [2.45, 2.75) is 0 Å². The van der Waals surface area contributed by atoms with Crippen LogP contribution < -0.4 is 0 Å². The molecule has 0 bridgehead atoms. The quantitative estimate of drug-likeness (QED) is 0.172. The van der Waals surface area contributed by atoms with E-state index >= 15 is 0 Å². The summed E-state index contributed by atoms with van der Waals surface area (Å²) in [6, 6.07) is 70.3. The lowest BCUT2D eigenvalue weighted by Gasteiger charge is -2.12. The maximum atomic E-state index is 5.12. The minimum Gasteiger partial charge on any atom is -0.309 e. The van der Waals surface area contributed by atoms with E-state index < -0.39 is 0 Å². The van der Waals surface area contributed by atoms with E-state index in [0.717, 1.165) is 44.7 Å². The summed E-state index contributed by atoms with van der Waals surface area (Å²) in [5, 5.41) is 4.89. The van der Waals surface area contributed by atoms with Crippen molar-refractivity contribution >= 4 is 43.6 Å². The fourth-order valence-corrected chi connectivity index (χ4v) is 8.21. The molecule has 11 aromatic rings. The molecular weight excluding hydrogens is 683 g/mol. The Hall–Kier alpha value is -7.63. The van der Waals surface area contributed by atoms with Crippen LogP contribution >= 0.6 is 0 Å². The summed E-state index contributed by atoms with van der Waals surface area (Å²) >= 11 is 0. The van der Waals surface area contributed by atoms with Crippen molar-refractivity contribution < 1.29 is 0 Å². The van der Waals surface area contributed by atoms with Gasteiger partial charge in [0.05, 0.1) is 22.1 Å². The molecule has 0 aliphatic carbocycles. The average Bonchev–Trinajstić information content (AvgIpc) is 3.80. The molecule has 0 unspecified atom stereocenters. The number of benzene rings is 8. The second kappa shape index (κ2) is 13.0. The number of rotatable bonds is 6. The van der Waals surface area contributed by atoms with Gasteiger partial charge in [0.1, 0.15) is 0 Å². The summed E-state index contributed by atoms with van der Waals surface area (Å²) in [5.74, 6) is 1.89.